The zero-order chi connectivity index (χ0) is 18.8. The number of fused-ring (bicyclic) bond motifs is 1. The molecule has 1 aromatic carbocycles. The Labute approximate surface area is 156 Å². The molecular formula is C19H21N5O3. The van der Waals surface area contributed by atoms with E-state index in [2.05, 4.69) is 15.1 Å². The molecule has 8 heteroatoms. The smallest absolute Gasteiger partial charge is 0.252 e. The van der Waals surface area contributed by atoms with Gasteiger partial charge in [0.25, 0.3) is 5.78 Å². The van der Waals surface area contributed by atoms with Gasteiger partial charge in [0, 0.05) is 12.7 Å². The number of carbonyl (C=O) groups is 1. The van der Waals surface area contributed by atoms with Gasteiger partial charge in [-0.25, -0.2) is 4.98 Å². The summed E-state index contributed by atoms with van der Waals surface area (Å²) in [6.07, 6.45) is 5.37. The lowest BCUT2D eigenvalue weighted by Gasteiger charge is -2.25. The molecule has 8 nitrogen and oxygen atoms in total. The van der Waals surface area contributed by atoms with E-state index in [1.807, 2.05) is 29.2 Å². The third kappa shape index (κ3) is 3.18. The van der Waals surface area contributed by atoms with Crippen molar-refractivity contribution in [3.63, 3.8) is 0 Å². The Hall–Kier alpha value is -3.16. The van der Waals surface area contributed by atoms with Gasteiger partial charge in [0.15, 0.2) is 11.5 Å². The topological polar surface area (TPSA) is 81.9 Å². The minimum Gasteiger partial charge on any atom is -0.493 e. The number of benzene rings is 1. The van der Waals surface area contributed by atoms with Crippen LogP contribution in [0.4, 0.5) is 0 Å². The van der Waals surface area contributed by atoms with Crippen molar-refractivity contribution in [3.05, 3.63) is 48.0 Å². The van der Waals surface area contributed by atoms with Gasteiger partial charge in [0.1, 0.15) is 6.33 Å². The van der Waals surface area contributed by atoms with E-state index in [1.165, 1.54) is 6.33 Å². The number of methoxy groups -OCH3 is 2. The Bertz CT molecular complexity index is 971. The molecule has 3 heterocycles. The van der Waals surface area contributed by atoms with E-state index in [1.54, 1.807) is 24.9 Å². The molecule has 0 saturated carbocycles. The van der Waals surface area contributed by atoms with E-state index in [-0.39, 0.29) is 11.9 Å². The van der Waals surface area contributed by atoms with E-state index >= 15 is 0 Å². The molecule has 140 valence electrons. The largest absolute Gasteiger partial charge is 0.493 e. The first-order valence-electron chi connectivity index (χ1n) is 8.86. The molecule has 0 spiro atoms. The Balaban J connectivity index is 1.57. The quantitative estimate of drug-likeness (QED) is 0.686. The predicted molar refractivity (Wildman–Crippen MR) is 97.7 cm³/mol. The van der Waals surface area contributed by atoms with Crippen LogP contribution in [0, 0.1) is 0 Å². The van der Waals surface area contributed by atoms with Crippen LogP contribution < -0.4 is 9.47 Å². The van der Waals surface area contributed by atoms with Gasteiger partial charge in [0.2, 0.25) is 5.91 Å². The summed E-state index contributed by atoms with van der Waals surface area (Å²) in [7, 11) is 3.18. The maximum Gasteiger partial charge on any atom is 0.252 e. The Morgan fingerprint density at radius 1 is 1.19 bits per heavy atom. The summed E-state index contributed by atoms with van der Waals surface area (Å²) in [6, 6.07) is 7.46. The van der Waals surface area contributed by atoms with Crippen LogP contribution in [-0.4, -0.2) is 51.2 Å². The van der Waals surface area contributed by atoms with Gasteiger partial charge in [-0.15, -0.1) is 0 Å². The van der Waals surface area contributed by atoms with Crippen molar-refractivity contribution in [3.8, 4) is 11.5 Å². The minimum absolute atomic E-state index is 0.0233. The maximum absolute atomic E-state index is 13.0. The normalized spacial score (nSPS) is 16.7. The number of nitrogens with zero attached hydrogens (tertiary/aromatic N) is 5. The molecule has 2 aromatic heterocycles. The molecule has 3 aromatic rings. The molecule has 4 rings (SSSR count). The van der Waals surface area contributed by atoms with Gasteiger partial charge < -0.3 is 14.4 Å². The van der Waals surface area contributed by atoms with Crippen LogP contribution in [0.1, 0.15) is 30.1 Å². The van der Waals surface area contributed by atoms with Crippen LogP contribution in [0.5, 0.6) is 11.5 Å². The van der Waals surface area contributed by atoms with Gasteiger partial charge in [0.05, 0.1) is 32.4 Å². The first-order chi connectivity index (χ1) is 13.2. The summed E-state index contributed by atoms with van der Waals surface area (Å²) in [5.74, 6) is 1.90. The van der Waals surface area contributed by atoms with Crippen LogP contribution in [0.15, 0.2) is 36.8 Å². The van der Waals surface area contributed by atoms with Crippen LogP contribution in [0.3, 0.4) is 0 Å². The van der Waals surface area contributed by atoms with Crippen LogP contribution in [0.2, 0.25) is 0 Å². The molecule has 1 aliphatic heterocycles. The molecule has 1 atom stereocenters. The fraction of sp³-hybridized carbons (Fsp3) is 0.368. The molecule has 0 N–H and O–H groups in total. The summed E-state index contributed by atoms with van der Waals surface area (Å²) in [5.41, 5.74) is 1.83. The van der Waals surface area contributed by atoms with Crippen molar-refractivity contribution >= 4 is 11.7 Å². The maximum atomic E-state index is 13.0. The Morgan fingerprint density at radius 2 is 2.04 bits per heavy atom. The van der Waals surface area contributed by atoms with E-state index in [9.17, 15) is 4.79 Å². The van der Waals surface area contributed by atoms with E-state index in [0.717, 1.165) is 30.6 Å². The lowest BCUT2D eigenvalue weighted by molar-refractivity contribution is -0.131. The molecule has 1 aliphatic rings. The standard InChI is InChI=1S/C19H21N5O3/c1-26-16-6-5-13(10-17(16)27-2)11-18(25)23-9-3-4-14(23)15-7-8-20-19-21-12-22-24(15)19/h5-8,10,12,14H,3-4,9,11H2,1-2H3/t14-/m1/s1. The third-order valence-electron chi connectivity index (χ3n) is 4.93. The van der Waals surface area contributed by atoms with Crippen molar-refractivity contribution in [2.75, 3.05) is 20.8 Å². The summed E-state index contributed by atoms with van der Waals surface area (Å²) in [6.45, 7) is 0.731. The molecule has 0 unspecified atom stereocenters. The highest BCUT2D eigenvalue weighted by atomic mass is 16.5. The number of amides is 1. The zero-order valence-electron chi connectivity index (χ0n) is 15.3. The minimum atomic E-state index is -0.0233. The van der Waals surface area contributed by atoms with E-state index < -0.39 is 0 Å². The van der Waals surface area contributed by atoms with E-state index in [0.29, 0.717) is 23.7 Å². The predicted octanol–water partition coefficient (Wildman–Crippen LogP) is 2.05. The third-order valence-corrected chi connectivity index (χ3v) is 4.93. The van der Waals surface area contributed by atoms with Gasteiger partial charge in [-0.05, 0) is 36.6 Å². The van der Waals surface area contributed by atoms with Crippen LogP contribution in [0.25, 0.3) is 5.78 Å². The second-order valence-electron chi connectivity index (χ2n) is 6.45. The first kappa shape index (κ1) is 17.3. The summed E-state index contributed by atoms with van der Waals surface area (Å²) < 4.78 is 12.3. The van der Waals surface area contributed by atoms with Crippen molar-refractivity contribution < 1.29 is 14.3 Å². The van der Waals surface area contributed by atoms with Gasteiger partial charge >= 0.3 is 0 Å². The average Bonchev–Trinajstić information content (AvgIpc) is 3.36. The number of hydrogen-bond donors (Lipinski definition) is 0. The van der Waals surface area contributed by atoms with Crippen molar-refractivity contribution in [2.45, 2.75) is 25.3 Å². The molecule has 0 bridgehead atoms. The Morgan fingerprint density at radius 3 is 2.85 bits per heavy atom. The molecule has 0 aliphatic carbocycles. The summed E-state index contributed by atoms with van der Waals surface area (Å²) >= 11 is 0. The number of rotatable bonds is 5. The number of ether oxygens (including phenoxy) is 2. The molecule has 1 fully saturated rings. The van der Waals surface area contributed by atoms with Gasteiger partial charge in [-0.3, -0.25) is 4.79 Å². The second-order valence-corrected chi connectivity index (χ2v) is 6.45. The van der Waals surface area contributed by atoms with Crippen molar-refractivity contribution in [2.24, 2.45) is 0 Å². The highest BCUT2D eigenvalue weighted by Crippen LogP contribution is 2.33. The van der Waals surface area contributed by atoms with Crippen LogP contribution in [-0.2, 0) is 11.2 Å². The van der Waals surface area contributed by atoms with Crippen LogP contribution >= 0.6 is 0 Å². The SMILES string of the molecule is COc1ccc(CC(=O)N2CCC[C@@H]2c2ccnc3ncnn23)cc1OC. The fourth-order valence-corrected chi connectivity index (χ4v) is 3.65. The van der Waals surface area contributed by atoms with E-state index in [4.69, 9.17) is 9.47 Å². The van der Waals surface area contributed by atoms with Gasteiger partial charge in [-0.1, -0.05) is 6.07 Å². The first-order valence-corrected chi connectivity index (χ1v) is 8.86. The molecule has 0 radical (unpaired) electrons. The van der Waals surface area contributed by atoms with Crippen molar-refractivity contribution in [1.29, 1.82) is 0 Å². The zero-order valence-corrected chi connectivity index (χ0v) is 15.3. The average molecular weight is 367 g/mol. The lowest BCUT2D eigenvalue weighted by Crippen LogP contribution is -2.32. The highest BCUT2D eigenvalue weighted by Gasteiger charge is 2.32. The second kappa shape index (κ2) is 7.22. The van der Waals surface area contributed by atoms with Crippen molar-refractivity contribution in [1.82, 2.24) is 24.5 Å². The van der Waals surface area contributed by atoms with Gasteiger partial charge in [-0.2, -0.15) is 14.6 Å². The monoisotopic (exact) mass is 367 g/mol. The molecule has 1 saturated heterocycles. The summed E-state index contributed by atoms with van der Waals surface area (Å²) in [4.78, 5) is 23.3. The number of hydrogen-bond acceptors (Lipinski definition) is 6. The number of carbonyl (C=O) groups excluding carboxylic acids is 1. The lowest BCUT2D eigenvalue weighted by atomic mass is 10.1. The number of aromatic nitrogens is 4. The molecule has 1 amide bonds. The fourth-order valence-electron chi connectivity index (χ4n) is 3.65. The summed E-state index contributed by atoms with van der Waals surface area (Å²) in [5, 5.41) is 4.26. The number of likely N-dealkylation sites (tertiary alicyclic amines) is 1. The molecular weight excluding hydrogens is 346 g/mol. The molecule has 27 heavy (non-hydrogen) atoms. The highest BCUT2D eigenvalue weighted by molar-refractivity contribution is 5.79. The Kier molecular flexibility index (Phi) is 4.62.